The Morgan fingerprint density at radius 3 is 2.64 bits per heavy atom. The van der Waals surface area contributed by atoms with Crippen LogP contribution in [0.5, 0.6) is 11.5 Å². The van der Waals surface area contributed by atoms with Crippen molar-refractivity contribution in [3.05, 3.63) is 100 Å². The number of fused-ring (bicyclic) bond motifs is 1. The molecule has 0 bridgehead atoms. The van der Waals surface area contributed by atoms with Crippen LogP contribution in [0, 0.1) is 13.8 Å². The number of rotatable bonds is 8. The predicted octanol–water partition coefficient (Wildman–Crippen LogP) is 6.22. The van der Waals surface area contributed by atoms with Gasteiger partial charge in [0.25, 0.3) is 5.91 Å². The number of nitrogens with zero attached hydrogens (tertiary/aromatic N) is 3. The Labute approximate surface area is 232 Å². The van der Waals surface area contributed by atoms with Gasteiger partial charge in [-0.2, -0.15) is 4.98 Å². The highest BCUT2D eigenvalue weighted by molar-refractivity contribution is 7.98. The number of hydrogen-bond acceptors (Lipinski definition) is 7. The lowest BCUT2D eigenvalue weighted by atomic mass is 9.94. The van der Waals surface area contributed by atoms with Gasteiger partial charge in [0.1, 0.15) is 6.04 Å². The monoisotopic (exact) mass is 541 g/mol. The number of amides is 1. The van der Waals surface area contributed by atoms with E-state index in [-0.39, 0.29) is 11.7 Å². The molecule has 0 spiro atoms. The molecule has 1 aliphatic heterocycles. The Morgan fingerprint density at radius 1 is 1.10 bits per heavy atom. The molecule has 0 fully saturated rings. The van der Waals surface area contributed by atoms with E-state index < -0.39 is 6.04 Å². The molecule has 0 aliphatic carbocycles. The molecular weight excluding hydrogens is 510 g/mol. The van der Waals surface area contributed by atoms with Crippen molar-refractivity contribution in [2.75, 3.05) is 17.2 Å². The standard InChI is InChI=1S/C30H31N5O3S/c1-5-38-25-16-22(12-14-24(25)36)27-26(28(37)32-23-13-11-18(2)15-19(23)3)20(4)31-29-33-30(34-35(27)29)39-17-21-9-7-6-8-10-21/h6-16,27,36H,5,17H2,1-4H3,(H,32,37)(H,31,33,34). The molecule has 9 heteroatoms. The van der Waals surface area contributed by atoms with Crippen molar-refractivity contribution in [1.82, 2.24) is 14.8 Å². The fraction of sp³-hybridized carbons (Fsp3) is 0.233. The molecule has 0 saturated heterocycles. The zero-order valence-electron chi connectivity index (χ0n) is 22.4. The smallest absolute Gasteiger partial charge is 0.255 e. The van der Waals surface area contributed by atoms with Gasteiger partial charge < -0.3 is 20.5 Å². The maximum absolute atomic E-state index is 13.8. The van der Waals surface area contributed by atoms with Crippen LogP contribution in [-0.4, -0.2) is 32.4 Å². The normalized spacial score (nSPS) is 14.5. The van der Waals surface area contributed by atoms with Crippen LogP contribution in [0.3, 0.4) is 0 Å². The zero-order valence-corrected chi connectivity index (χ0v) is 23.2. The van der Waals surface area contributed by atoms with Crippen LogP contribution in [0.25, 0.3) is 0 Å². The number of allylic oxidation sites excluding steroid dienone is 1. The second kappa shape index (κ2) is 11.2. The van der Waals surface area contributed by atoms with Gasteiger partial charge >= 0.3 is 0 Å². The maximum Gasteiger partial charge on any atom is 0.255 e. The SMILES string of the molecule is CCOc1cc(C2C(C(=O)Nc3ccc(C)cc3C)=C(C)Nc3nc(SCc4ccccc4)nn32)ccc1O. The van der Waals surface area contributed by atoms with Crippen LogP contribution in [0.2, 0.25) is 0 Å². The lowest BCUT2D eigenvalue weighted by Crippen LogP contribution is -2.31. The minimum Gasteiger partial charge on any atom is -0.504 e. The van der Waals surface area contributed by atoms with Crippen molar-refractivity contribution in [2.45, 2.75) is 44.6 Å². The Kier molecular flexibility index (Phi) is 7.60. The first-order valence-corrected chi connectivity index (χ1v) is 13.8. The lowest BCUT2D eigenvalue weighted by molar-refractivity contribution is -0.113. The Bertz CT molecular complexity index is 1550. The van der Waals surface area contributed by atoms with Crippen LogP contribution < -0.4 is 15.4 Å². The topological polar surface area (TPSA) is 101 Å². The first-order valence-electron chi connectivity index (χ1n) is 12.8. The number of hydrogen-bond donors (Lipinski definition) is 3. The summed E-state index contributed by atoms with van der Waals surface area (Å²) in [6.45, 7) is 8.11. The number of nitrogens with one attached hydrogen (secondary N) is 2. The number of aromatic hydroxyl groups is 1. The molecule has 1 aliphatic rings. The van der Waals surface area contributed by atoms with Crippen LogP contribution in [0.4, 0.5) is 11.6 Å². The molecule has 39 heavy (non-hydrogen) atoms. The van der Waals surface area contributed by atoms with E-state index in [1.54, 1.807) is 22.9 Å². The third-order valence-electron chi connectivity index (χ3n) is 6.52. The number of carbonyl (C=O) groups is 1. The summed E-state index contributed by atoms with van der Waals surface area (Å²) in [5.41, 5.74) is 5.93. The predicted molar refractivity (Wildman–Crippen MR) is 154 cm³/mol. The van der Waals surface area contributed by atoms with Crippen molar-refractivity contribution >= 4 is 29.3 Å². The maximum atomic E-state index is 13.8. The summed E-state index contributed by atoms with van der Waals surface area (Å²) < 4.78 is 7.40. The van der Waals surface area contributed by atoms with Gasteiger partial charge in [-0.3, -0.25) is 4.79 Å². The van der Waals surface area contributed by atoms with Crippen molar-refractivity contribution < 1.29 is 14.6 Å². The number of benzene rings is 3. The van der Waals surface area contributed by atoms with Gasteiger partial charge in [0.05, 0.1) is 12.2 Å². The van der Waals surface area contributed by atoms with E-state index in [9.17, 15) is 9.90 Å². The third kappa shape index (κ3) is 5.63. The van der Waals surface area contributed by atoms with E-state index in [0.29, 0.717) is 34.7 Å². The van der Waals surface area contributed by atoms with Crippen LogP contribution in [0.1, 0.15) is 42.1 Å². The minimum atomic E-state index is -0.592. The fourth-order valence-corrected chi connectivity index (χ4v) is 5.42. The Balaban J connectivity index is 1.54. The Morgan fingerprint density at radius 2 is 1.90 bits per heavy atom. The highest BCUT2D eigenvalue weighted by Crippen LogP contribution is 2.40. The second-order valence-corrected chi connectivity index (χ2v) is 10.4. The molecule has 200 valence electrons. The van der Waals surface area contributed by atoms with E-state index in [1.165, 1.54) is 17.3 Å². The van der Waals surface area contributed by atoms with Gasteiger partial charge in [-0.25, -0.2) is 4.68 Å². The van der Waals surface area contributed by atoms with E-state index in [1.807, 2.05) is 64.1 Å². The van der Waals surface area contributed by atoms with Crippen molar-refractivity contribution in [3.63, 3.8) is 0 Å². The third-order valence-corrected chi connectivity index (χ3v) is 7.43. The Hall–Kier alpha value is -4.24. The summed E-state index contributed by atoms with van der Waals surface area (Å²) >= 11 is 1.53. The molecule has 0 saturated carbocycles. The number of anilines is 2. The molecule has 4 aromatic rings. The number of carbonyl (C=O) groups excluding carboxylic acids is 1. The highest BCUT2D eigenvalue weighted by Gasteiger charge is 2.35. The summed E-state index contributed by atoms with van der Waals surface area (Å²) in [5.74, 6) is 1.40. The molecule has 5 rings (SSSR count). The van der Waals surface area contributed by atoms with Gasteiger partial charge in [0.15, 0.2) is 11.5 Å². The summed E-state index contributed by atoms with van der Waals surface area (Å²) in [6, 6.07) is 20.6. The number of phenolic OH excluding ortho intramolecular Hbond substituents is 1. The largest absolute Gasteiger partial charge is 0.504 e. The van der Waals surface area contributed by atoms with Gasteiger partial charge in [0, 0.05) is 17.1 Å². The lowest BCUT2D eigenvalue weighted by Gasteiger charge is -2.29. The molecule has 0 radical (unpaired) electrons. The summed E-state index contributed by atoms with van der Waals surface area (Å²) in [7, 11) is 0. The van der Waals surface area contributed by atoms with Gasteiger partial charge in [-0.05, 0) is 62.6 Å². The van der Waals surface area contributed by atoms with E-state index in [4.69, 9.17) is 14.8 Å². The van der Waals surface area contributed by atoms with Gasteiger partial charge in [-0.1, -0.05) is 65.9 Å². The average Bonchev–Trinajstić information content (AvgIpc) is 3.32. The number of thioether (sulfide) groups is 1. The first-order chi connectivity index (χ1) is 18.8. The molecule has 1 amide bonds. The average molecular weight is 542 g/mol. The van der Waals surface area contributed by atoms with Crippen LogP contribution in [0.15, 0.2) is 83.2 Å². The molecule has 1 atom stereocenters. The number of aromatic nitrogens is 3. The molecular formula is C30H31N5O3S. The van der Waals surface area contributed by atoms with Crippen molar-refractivity contribution in [2.24, 2.45) is 0 Å². The number of ether oxygens (including phenoxy) is 1. The fourth-order valence-electron chi connectivity index (χ4n) is 4.63. The molecule has 3 N–H and O–H groups in total. The summed E-state index contributed by atoms with van der Waals surface area (Å²) in [6.07, 6.45) is 0. The molecule has 3 aromatic carbocycles. The van der Waals surface area contributed by atoms with Crippen molar-refractivity contribution in [1.29, 1.82) is 0 Å². The van der Waals surface area contributed by atoms with Gasteiger partial charge in [0.2, 0.25) is 11.1 Å². The van der Waals surface area contributed by atoms with E-state index >= 15 is 0 Å². The summed E-state index contributed by atoms with van der Waals surface area (Å²) in [4.78, 5) is 18.6. The molecule has 2 heterocycles. The zero-order chi connectivity index (χ0) is 27.5. The van der Waals surface area contributed by atoms with Crippen LogP contribution >= 0.6 is 11.8 Å². The highest BCUT2D eigenvalue weighted by atomic mass is 32.2. The molecule has 8 nitrogen and oxygen atoms in total. The van der Waals surface area contributed by atoms with E-state index in [2.05, 4.69) is 22.8 Å². The molecule has 1 unspecified atom stereocenters. The van der Waals surface area contributed by atoms with Crippen molar-refractivity contribution in [3.8, 4) is 11.5 Å². The second-order valence-electron chi connectivity index (χ2n) is 9.44. The number of phenols is 1. The summed E-state index contributed by atoms with van der Waals surface area (Å²) in [5, 5.41) is 22.1. The molecule has 1 aromatic heterocycles. The minimum absolute atomic E-state index is 0.0365. The van der Waals surface area contributed by atoms with E-state index in [0.717, 1.165) is 28.1 Å². The number of aryl methyl sites for hydroxylation is 2. The van der Waals surface area contributed by atoms with Gasteiger partial charge in [-0.15, -0.1) is 5.10 Å². The quantitative estimate of drug-likeness (QED) is 0.228. The van der Waals surface area contributed by atoms with Crippen LogP contribution in [-0.2, 0) is 10.5 Å². The first kappa shape index (κ1) is 26.4.